The van der Waals surface area contributed by atoms with Crippen LogP contribution in [0.4, 0.5) is 0 Å². The van der Waals surface area contributed by atoms with Crippen LogP contribution in [0.2, 0.25) is 0 Å². The molecule has 1 heterocycles. The first-order valence-electron chi connectivity index (χ1n) is 6.44. The predicted molar refractivity (Wildman–Crippen MR) is 72.9 cm³/mol. The van der Waals surface area contributed by atoms with Gasteiger partial charge >= 0.3 is 0 Å². The van der Waals surface area contributed by atoms with Gasteiger partial charge in [0.05, 0.1) is 5.75 Å². The molecule has 0 aliphatic carbocycles. The quantitative estimate of drug-likeness (QED) is 0.781. The molecular weight excluding hydrogens is 234 g/mol. The number of sulfone groups is 1. The molecule has 17 heavy (non-hydrogen) atoms. The maximum Gasteiger partial charge on any atom is 0.148 e. The van der Waals surface area contributed by atoms with Gasteiger partial charge in [-0.15, -0.1) is 0 Å². The second kappa shape index (κ2) is 4.88. The fraction of sp³-hybridized carbons (Fsp3) is 1.00. The largest absolute Gasteiger partial charge is 0.302 e. The van der Waals surface area contributed by atoms with Crippen molar-refractivity contribution in [3.8, 4) is 0 Å². The summed E-state index contributed by atoms with van der Waals surface area (Å²) < 4.78 is 22.3. The summed E-state index contributed by atoms with van der Waals surface area (Å²) >= 11 is 0. The fourth-order valence-electron chi connectivity index (χ4n) is 2.32. The molecule has 1 fully saturated rings. The Labute approximate surface area is 106 Å². The van der Waals surface area contributed by atoms with Crippen molar-refractivity contribution >= 4 is 9.84 Å². The van der Waals surface area contributed by atoms with E-state index in [1.54, 1.807) is 0 Å². The van der Waals surface area contributed by atoms with Crippen molar-refractivity contribution in [1.82, 2.24) is 4.90 Å². The highest BCUT2D eigenvalue weighted by Crippen LogP contribution is 2.46. The maximum absolute atomic E-state index is 11.1. The van der Waals surface area contributed by atoms with E-state index in [4.69, 9.17) is 0 Å². The third kappa shape index (κ3) is 4.25. The Bertz CT molecular complexity index is 346. The van der Waals surface area contributed by atoms with Crippen molar-refractivity contribution in [3.05, 3.63) is 0 Å². The summed E-state index contributed by atoms with van der Waals surface area (Å²) in [4.78, 5) is 2.29. The standard InChI is InChI=1S/C13H27NO2S/c1-12(2,3)13(4)6-8-14(9-7-13)10-11-17(5,15)16/h6-11H2,1-5H3. The van der Waals surface area contributed by atoms with Crippen molar-refractivity contribution in [3.63, 3.8) is 0 Å². The highest BCUT2D eigenvalue weighted by Gasteiger charge is 2.39. The van der Waals surface area contributed by atoms with Crippen LogP contribution in [0.1, 0.15) is 40.5 Å². The van der Waals surface area contributed by atoms with Crippen LogP contribution in [-0.4, -0.2) is 45.0 Å². The first-order valence-corrected chi connectivity index (χ1v) is 8.50. The molecule has 0 aromatic rings. The third-order valence-corrected chi connectivity index (χ3v) is 5.47. The van der Waals surface area contributed by atoms with Gasteiger partial charge in [-0.1, -0.05) is 27.7 Å². The average molecular weight is 261 g/mol. The smallest absolute Gasteiger partial charge is 0.148 e. The first kappa shape index (κ1) is 15.0. The molecule has 102 valence electrons. The zero-order valence-electron chi connectivity index (χ0n) is 11.9. The lowest BCUT2D eigenvalue weighted by atomic mass is 9.63. The maximum atomic E-state index is 11.1. The number of rotatable bonds is 3. The molecule has 1 saturated heterocycles. The SMILES string of the molecule is CC(C)(C)C1(C)CCN(CCS(C)(=O)=O)CC1. The topological polar surface area (TPSA) is 37.4 Å². The monoisotopic (exact) mass is 261 g/mol. The van der Waals surface area contributed by atoms with Crippen molar-refractivity contribution in [2.45, 2.75) is 40.5 Å². The van der Waals surface area contributed by atoms with Crippen molar-refractivity contribution in [1.29, 1.82) is 0 Å². The molecule has 0 atom stereocenters. The number of piperidine rings is 1. The minimum absolute atomic E-state index is 0.291. The summed E-state index contributed by atoms with van der Waals surface area (Å²) in [5.74, 6) is 0.291. The lowest BCUT2D eigenvalue weighted by molar-refractivity contribution is 0.0245. The van der Waals surface area contributed by atoms with Crippen LogP contribution in [0.5, 0.6) is 0 Å². The lowest BCUT2D eigenvalue weighted by Crippen LogP contribution is -2.45. The summed E-state index contributed by atoms with van der Waals surface area (Å²) in [6.45, 7) is 12.0. The Kier molecular flexibility index (Phi) is 4.30. The van der Waals surface area contributed by atoms with Gasteiger partial charge < -0.3 is 4.90 Å². The Morgan fingerprint density at radius 1 is 1.18 bits per heavy atom. The zero-order chi connectivity index (χ0) is 13.3. The van der Waals surface area contributed by atoms with Crippen LogP contribution in [0, 0.1) is 10.8 Å². The Balaban J connectivity index is 2.46. The van der Waals surface area contributed by atoms with Crippen molar-refractivity contribution in [2.24, 2.45) is 10.8 Å². The Morgan fingerprint density at radius 2 is 1.65 bits per heavy atom. The normalized spacial score (nSPS) is 22.6. The van der Waals surface area contributed by atoms with Crippen LogP contribution in [-0.2, 0) is 9.84 Å². The van der Waals surface area contributed by atoms with Crippen molar-refractivity contribution in [2.75, 3.05) is 31.6 Å². The minimum Gasteiger partial charge on any atom is -0.302 e. The highest BCUT2D eigenvalue weighted by atomic mass is 32.2. The van der Waals surface area contributed by atoms with Gasteiger partial charge in [0, 0.05) is 12.8 Å². The molecule has 4 heteroatoms. The van der Waals surface area contributed by atoms with Gasteiger partial charge in [0.1, 0.15) is 9.84 Å². The van der Waals surface area contributed by atoms with Crippen molar-refractivity contribution < 1.29 is 8.42 Å². The van der Waals surface area contributed by atoms with E-state index in [9.17, 15) is 8.42 Å². The van der Waals surface area contributed by atoms with Crippen LogP contribution >= 0.6 is 0 Å². The van der Waals surface area contributed by atoms with E-state index in [1.165, 1.54) is 19.1 Å². The van der Waals surface area contributed by atoms with E-state index in [1.807, 2.05) is 0 Å². The van der Waals surface area contributed by atoms with Gasteiger partial charge in [0.25, 0.3) is 0 Å². The first-order chi connectivity index (χ1) is 7.54. The van der Waals surface area contributed by atoms with Gasteiger partial charge in [-0.3, -0.25) is 0 Å². The van der Waals surface area contributed by atoms with Crippen LogP contribution in [0.25, 0.3) is 0 Å². The number of hydrogen-bond donors (Lipinski definition) is 0. The third-order valence-electron chi connectivity index (χ3n) is 4.55. The fourth-order valence-corrected chi connectivity index (χ4v) is 2.90. The molecule has 0 spiro atoms. The summed E-state index contributed by atoms with van der Waals surface area (Å²) in [5.41, 5.74) is 0.713. The molecule has 0 aromatic heterocycles. The summed E-state index contributed by atoms with van der Waals surface area (Å²) in [7, 11) is -2.82. The molecule has 0 bridgehead atoms. The molecule has 1 rings (SSSR count). The van der Waals surface area contributed by atoms with E-state index in [0.717, 1.165) is 13.1 Å². The highest BCUT2D eigenvalue weighted by molar-refractivity contribution is 7.90. The van der Waals surface area contributed by atoms with E-state index in [0.29, 0.717) is 23.1 Å². The van der Waals surface area contributed by atoms with Gasteiger partial charge in [0.15, 0.2) is 0 Å². The zero-order valence-corrected chi connectivity index (χ0v) is 12.7. The number of likely N-dealkylation sites (tertiary alicyclic amines) is 1. The number of hydrogen-bond acceptors (Lipinski definition) is 3. The molecule has 0 N–H and O–H groups in total. The molecule has 0 amide bonds. The van der Waals surface area contributed by atoms with Gasteiger partial charge in [0.2, 0.25) is 0 Å². The second-order valence-electron chi connectivity index (χ2n) is 6.78. The molecule has 0 unspecified atom stereocenters. The Hall–Kier alpha value is -0.0900. The number of nitrogens with zero attached hydrogens (tertiary/aromatic N) is 1. The second-order valence-corrected chi connectivity index (χ2v) is 9.04. The van der Waals surface area contributed by atoms with E-state index >= 15 is 0 Å². The molecular formula is C13H27NO2S. The van der Waals surface area contributed by atoms with Gasteiger partial charge in [-0.2, -0.15) is 0 Å². The molecule has 0 aromatic carbocycles. The van der Waals surface area contributed by atoms with Gasteiger partial charge in [-0.25, -0.2) is 8.42 Å². The molecule has 1 aliphatic heterocycles. The van der Waals surface area contributed by atoms with Crippen LogP contribution in [0.3, 0.4) is 0 Å². The lowest BCUT2D eigenvalue weighted by Gasteiger charge is -2.47. The summed E-state index contributed by atoms with van der Waals surface area (Å²) in [6.07, 6.45) is 3.65. The average Bonchev–Trinajstić information content (AvgIpc) is 2.14. The Morgan fingerprint density at radius 3 is 2.00 bits per heavy atom. The van der Waals surface area contributed by atoms with E-state index in [-0.39, 0.29) is 0 Å². The van der Waals surface area contributed by atoms with E-state index in [2.05, 4.69) is 32.6 Å². The molecule has 0 radical (unpaired) electrons. The van der Waals surface area contributed by atoms with Gasteiger partial charge in [-0.05, 0) is 36.8 Å². The molecule has 1 aliphatic rings. The summed E-state index contributed by atoms with van der Waals surface area (Å²) in [6, 6.07) is 0. The predicted octanol–water partition coefficient (Wildman–Crippen LogP) is 2.18. The van der Waals surface area contributed by atoms with E-state index < -0.39 is 9.84 Å². The molecule has 3 nitrogen and oxygen atoms in total. The molecule has 0 saturated carbocycles. The minimum atomic E-state index is -2.82. The van der Waals surface area contributed by atoms with Crippen LogP contribution in [0.15, 0.2) is 0 Å². The van der Waals surface area contributed by atoms with Crippen LogP contribution < -0.4 is 0 Å². The summed E-state index contributed by atoms with van der Waals surface area (Å²) in [5, 5.41) is 0.